The van der Waals surface area contributed by atoms with Gasteiger partial charge in [-0.15, -0.1) is 0 Å². The molecule has 0 fully saturated rings. The van der Waals surface area contributed by atoms with Gasteiger partial charge in [0.25, 0.3) is 0 Å². The van der Waals surface area contributed by atoms with Crippen molar-refractivity contribution in [2.75, 3.05) is 6.54 Å². The molecule has 1 atom stereocenters. The molecule has 0 saturated carbocycles. The molecule has 0 aromatic heterocycles. The molecule has 0 bridgehead atoms. The number of carboxylic acid groups (broad SMARTS) is 1. The molecule has 0 unspecified atom stereocenters. The van der Waals surface area contributed by atoms with Crippen LogP contribution >= 0.6 is 0 Å². The number of unbranched alkanes of at least 4 members (excludes halogenated alkanes) is 1. The third-order valence-corrected chi connectivity index (χ3v) is 4.15. The Kier molecular flexibility index (Phi) is 6.05. The van der Waals surface area contributed by atoms with Crippen molar-refractivity contribution in [1.29, 1.82) is 0 Å². The molecule has 0 aliphatic rings. The first kappa shape index (κ1) is 16.5. The Labute approximate surface area is 116 Å². The summed E-state index contributed by atoms with van der Waals surface area (Å²) in [6.07, 6.45) is 1.26. The molecule has 0 aliphatic heterocycles. The van der Waals surface area contributed by atoms with Gasteiger partial charge >= 0.3 is 5.97 Å². The molecule has 20 heavy (non-hydrogen) atoms. The molecule has 0 heterocycles. The maximum atomic E-state index is 12.7. The molecule has 0 saturated heterocycles. The van der Waals surface area contributed by atoms with E-state index in [2.05, 4.69) is 4.72 Å². The number of halogens is 1. The molecule has 1 aromatic rings. The van der Waals surface area contributed by atoms with Gasteiger partial charge in [0.2, 0.25) is 10.0 Å². The second-order valence-electron chi connectivity index (χ2n) is 4.25. The lowest BCUT2D eigenvalue weighted by atomic mass is 10.1. The molecule has 112 valence electrons. The van der Waals surface area contributed by atoms with Gasteiger partial charge in [-0.2, -0.15) is 4.72 Å². The van der Waals surface area contributed by atoms with E-state index in [1.807, 2.05) is 0 Å². The average Bonchev–Trinajstić information content (AvgIpc) is 2.38. The Morgan fingerprint density at radius 3 is 2.40 bits per heavy atom. The molecule has 0 radical (unpaired) electrons. The highest BCUT2D eigenvalue weighted by Gasteiger charge is 2.24. The molecule has 4 N–H and O–H groups in total. The van der Waals surface area contributed by atoms with Gasteiger partial charge in [-0.1, -0.05) is 6.42 Å². The smallest absolute Gasteiger partial charge is 0.321 e. The van der Waals surface area contributed by atoms with Crippen molar-refractivity contribution in [2.24, 2.45) is 5.73 Å². The minimum Gasteiger partial charge on any atom is -0.480 e. The summed E-state index contributed by atoms with van der Waals surface area (Å²) >= 11 is 0. The predicted molar refractivity (Wildman–Crippen MR) is 71.1 cm³/mol. The van der Waals surface area contributed by atoms with E-state index in [9.17, 15) is 17.6 Å². The number of carboxylic acids is 1. The van der Waals surface area contributed by atoms with E-state index in [0.717, 1.165) is 24.3 Å². The Morgan fingerprint density at radius 2 is 1.90 bits per heavy atom. The monoisotopic (exact) mass is 304 g/mol. The molecule has 0 amide bonds. The largest absolute Gasteiger partial charge is 0.480 e. The summed E-state index contributed by atoms with van der Waals surface area (Å²) in [4.78, 5) is 10.9. The van der Waals surface area contributed by atoms with Crippen LogP contribution < -0.4 is 10.5 Å². The van der Waals surface area contributed by atoms with Gasteiger partial charge in [0.1, 0.15) is 11.9 Å². The number of carbonyl (C=O) groups is 1. The molecule has 1 rings (SSSR count). The Morgan fingerprint density at radius 1 is 1.30 bits per heavy atom. The van der Waals surface area contributed by atoms with Crippen LogP contribution in [0.25, 0.3) is 0 Å². The predicted octanol–water partition coefficient (Wildman–Crippen LogP) is 0.686. The van der Waals surface area contributed by atoms with Crippen LogP contribution in [0.5, 0.6) is 0 Å². The zero-order valence-corrected chi connectivity index (χ0v) is 11.6. The average molecular weight is 304 g/mol. The standard InChI is InChI=1S/C12H17FN2O4S/c13-9-4-6-10(7-5-9)20(18,19)15-11(12(16)17)3-1-2-8-14/h4-7,11,15H,1-3,8,14H2,(H,16,17)/t11-/m0/s1. The van der Waals surface area contributed by atoms with E-state index in [1.54, 1.807) is 0 Å². The number of nitrogens with two attached hydrogens (primary N) is 1. The van der Waals surface area contributed by atoms with Gasteiger partial charge in [-0.25, -0.2) is 12.8 Å². The van der Waals surface area contributed by atoms with Crippen molar-refractivity contribution in [3.8, 4) is 0 Å². The summed E-state index contributed by atoms with van der Waals surface area (Å²) in [7, 11) is -3.99. The first-order valence-electron chi connectivity index (χ1n) is 6.07. The summed E-state index contributed by atoms with van der Waals surface area (Å²) in [6, 6.07) is 2.93. The van der Waals surface area contributed by atoms with Crippen LogP contribution in [0, 0.1) is 5.82 Å². The van der Waals surface area contributed by atoms with Crippen LogP contribution in [0.15, 0.2) is 29.2 Å². The molecule has 0 aliphatic carbocycles. The summed E-state index contributed by atoms with van der Waals surface area (Å²) in [5.41, 5.74) is 5.30. The number of hydrogen-bond donors (Lipinski definition) is 3. The number of nitrogens with one attached hydrogen (secondary N) is 1. The zero-order chi connectivity index (χ0) is 15.2. The maximum absolute atomic E-state index is 12.7. The third kappa shape index (κ3) is 4.87. The quantitative estimate of drug-likeness (QED) is 0.612. The van der Waals surface area contributed by atoms with Crippen molar-refractivity contribution < 1.29 is 22.7 Å². The molecule has 0 spiro atoms. The molecule has 6 nitrogen and oxygen atoms in total. The van der Waals surface area contributed by atoms with Crippen molar-refractivity contribution in [2.45, 2.75) is 30.2 Å². The molecule has 8 heteroatoms. The maximum Gasteiger partial charge on any atom is 0.321 e. The summed E-state index contributed by atoms with van der Waals surface area (Å²) in [6.45, 7) is 0.414. The summed E-state index contributed by atoms with van der Waals surface area (Å²) < 4.78 is 38.8. The Hall–Kier alpha value is -1.51. The van der Waals surface area contributed by atoms with Crippen LogP contribution in [0.3, 0.4) is 0 Å². The van der Waals surface area contributed by atoms with Crippen molar-refractivity contribution >= 4 is 16.0 Å². The second kappa shape index (κ2) is 7.32. The topological polar surface area (TPSA) is 109 Å². The van der Waals surface area contributed by atoms with Gasteiger partial charge < -0.3 is 10.8 Å². The second-order valence-corrected chi connectivity index (χ2v) is 5.96. The zero-order valence-electron chi connectivity index (χ0n) is 10.8. The summed E-state index contributed by atoms with van der Waals surface area (Å²) in [5, 5.41) is 9.01. The van der Waals surface area contributed by atoms with Crippen LogP contribution in [0.2, 0.25) is 0 Å². The van der Waals surface area contributed by atoms with Crippen LogP contribution in [-0.4, -0.2) is 32.1 Å². The van der Waals surface area contributed by atoms with E-state index in [-0.39, 0.29) is 11.3 Å². The Balaban J connectivity index is 2.80. The van der Waals surface area contributed by atoms with Crippen LogP contribution in [0.1, 0.15) is 19.3 Å². The fourth-order valence-corrected chi connectivity index (χ4v) is 2.82. The van der Waals surface area contributed by atoms with Crippen LogP contribution in [-0.2, 0) is 14.8 Å². The first-order chi connectivity index (χ1) is 9.36. The van der Waals surface area contributed by atoms with Crippen molar-refractivity contribution in [3.05, 3.63) is 30.1 Å². The number of aliphatic carboxylic acids is 1. The van der Waals surface area contributed by atoms with E-state index < -0.39 is 27.9 Å². The summed E-state index contributed by atoms with van der Waals surface area (Å²) in [5.74, 6) is -1.82. The van der Waals surface area contributed by atoms with Gasteiger partial charge in [0, 0.05) is 0 Å². The van der Waals surface area contributed by atoms with Crippen molar-refractivity contribution in [3.63, 3.8) is 0 Å². The van der Waals surface area contributed by atoms with Gasteiger partial charge in [0.05, 0.1) is 4.90 Å². The third-order valence-electron chi connectivity index (χ3n) is 2.67. The minimum atomic E-state index is -3.99. The number of hydrogen-bond acceptors (Lipinski definition) is 4. The fourth-order valence-electron chi connectivity index (χ4n) is 1.59. The highest BCUT2D eigenvalue weighted by Crippen LogP contribution is 2.12. The van der Waals surface area contributed by atoms with E-state index in [1.165, 1.54) is 0 Å². The van der Waals surface area contributed by atoms with E-state index in [0.29, 0.717) is 19.4 Å². The lowest BCUT2D eigenvalue weighted by Crippen LogP contribution is -2.40. The normalized spacial score (nSPS) is 13.1. The number of sulfonamides is 1. The molecule has 1 aromatic carbocycles. The van der Waals surface area contributed by atoms with Gasteiger partial charge in [0.15, 0.2) is 0 Å². The lowest BCUT2D eigenvalue weighted by Gasteiger charge is -2.14. The van der Waals surface area contributed by atoms with Gasteiger partial charge in [-0.05, 0) is 43.7 Å². The van der Waals surface area contributed by atoms with Crippen LogP contribution in [0.4, 0.5) is 4.39 Å². The number of benzene rings is 1. The highest BCUT2D eigenvalue weighted by molar-refractivity contribution is 7.89. The Bertz CT molecular complexity index is 545. The number of rotatable bonds is 8. The van der Waals surface area contributed by atoms with Crippen molar-refractivity contribution in [1.82, 2.24) is 4.72 Å². The fraction of sp³-hybridized carbons (Fsp3) is 0.417. The van der Waals surface area contributed by atoms with E-state index in [4.69, 9.17) is 10.8 Å². The molecular weight excluding hydrogens is 287 g/mol. The highest BCUT2D eigenvalue weighted by atomic mass is 32.2. The lowest BCUT2D eigenvalue weighted by molar-refractivity contribution is -0.139. The molecular formula is C12H17FN2O4S. The SMILES string of the molecule is NCCCC[C@H](NS(=O)(=O)c1ccc(F)cc1)C(=O)O. The van der Waals surface area contributed by atoms with E-state index >= 15 is 0 Å². The van der Waals surface area contributed by atoms with Gasteiger partial charge in [-0.3, -0.25) is 4.79 Å². The minimum absolute atomic E-state index is 0.146. The first-order valence-corrected chi connectivity index (χ1v) is 7.56.